The zero-order chi connectivity index (χ0) is 11.5. The Morgan fingerprint density at radius 3 is 2.94 bits per heavy atom. The minimum atomic E-state index is -0.110. The van der Waals surface area contributed by atoms with Crippen LogP contribution in [0, 0.1) is 5.92 Å². The van der Waals surface area contributed by atoms with Crippen molar-refractivity contribution in [2.24, 2.45) is 11.7 Å². The Morgan fingerprint density at radius 2 is 2.44 bits per heavy atom. The highest BCUT2D eigenvalue weighted by Crippen LogP contribution is 2.32. The molecule has 1 aliphatic rings. The van der Waals surface area contributed by atoms with Crippen molar-refractivity contribution in [3.8, 4) is 0 Å². The van der Waals surface area contributed by atoms with E-state index in [2.05, 4.69) is 5.32 Å². The minimum absolute atomic E-state index is 0.00287. The molecule has 0 aromatic carbocycles. The fraction of sp³-hybridized carbons (Fsp3) is 0.455. The van der Waals surface area contributed by atoms with Crippen LogP contribution in [0.5, 0.6) is 0 Å². The zero-order valence-electron chi connectivity index (χ0n) is 8.81. The number of nitrogens with two attached hydrogens (primary N) is 1. The van der Waals surface area contributed by atoms with E-state index in [1.807, 2.05) is 16.8 Å². The molecule has 86 valence electrons. The van der Waals surface area contributed by atoms with E-state index in [0.29, 0.717) is 17.3 Å². The summed E-state index contributed by atoms with van der Waals surface area (Å²) < 4.78 is 0. The average molecular weight is 254 g/mol. The number of hydrogen-bond acceptors (Lipinski definition) is 3. The van der Waals surface area contributed by atoms with Crippen molar-refractivity contribution in [2.45, 2.75) is 25.3 Å². The number of carbonyl (C=O) groups excluding carboxylic acids is 1. The molecule has 3 N–H and O–H groups in total. The second-order valence-corrected chi connectivity index (χ2v) is 5.34. The number of amides is 1. The smallest absolute Gasteiger partial charge is 0.225 e. The first kappa shape index (κ1) is 11.5. The molecule has 3 nitrogen and oxygen atoms in total. The second-order valence-electron chi connectivity index (χ2n) is 4.09. The summed E-state index contributed by atoms with van der Waals surface area (Å²) in [5, 5.41) is 6.86. The van der Waals surface area contributed by atoms with Crippen LogP contribution in [0.1, 0.15) is 18.4 Å². The molecule has 2 rings (SSSR count). The van der Waals surface area contributed by atoms with E-state index in [1.165, 1.54) is 0 Å². The van der Waals surface area contributed by atoms with E-state index in [-0.39, 0.29) is 11.9 Å². The van der Waals surface area contributed by atoms with Gasteiger partial charge in [0.2, 0.25) is 5.91 Å². The number of carbonyl (C=O) groups is 1. The van der Waals surface area contributed by atoms with Crippen LogP contribution in [0.15, 0.2) is 16.8 Å². The average Bonchev–Trinajstić information content (AvgIpc) is 2.94. The van der Waals surface area contributed by atoms with Crippen LogP contribution in [0.2, 0.25) is 0 Å². The molecule has 0 bridgehead atoms. The van der Waals surface area contributed by atoms with Crippen LogP contribution in [-0.2, 0) is 11.2 Å². The van der Waals surface area contributed by atoms with Crippen LogP contribution in [-0.4, -0.2) is 16.9 Å². The lowest BCUT2D eigenvalue weighted by Gasteiger charge is -2.16. The highest BCUT2D eigenvalue weighted by atomic mass is 32.1. The van der Waals surface area contributed by atoms with Crippen molar-refractivity contribution in [3.63, 3.8) is 0 Å². The second kappa shape index (κ2) is 4.93. The van der Waals surface area contributed by atoms with Gasteiger partial charge < -0.3 is 11.1 Å². The fourth-order valence-corrected chi connectivity index (χ4v) is 2.57. The van der Waals surface area contributed by atoms with Crippen LogP contribution in [0.4, 0.5) is 0 Å². The normalized spacial score (nSPS) is 16.8. The summed E-state index contributed by atoms with van der Waals surface area (Å²) in [5.41, 5.74) is 6.66. The van der Waals surface area contributed by atoms with Gasteiger partial charge in [-0.2, -0.15) is 11.3 Å². The summed E-state index contributed by atoms with van der Waals surface area (Å²) >= 11 is 6.56. The minimum Gasteiger partial charge on any atom is -0.392 e. The van der Waals surface area contributed by atoms with Crippen molar-refractivity contribution in [3.05, 3.63) is 22.4 Å². The van der Waals surface area contributed by atoms with E-state index in [1.54, 1.807) is 11.3 Å². The van der Waals surface area contributed by atoms with Gasteiger partial charge in [0.05, 0.1) is 17.5 Å². The number of thiophene rings is 1. The molecular formula is C11H14N2OS2. The SMILES string of the molecule is NC(=S)C(NC(=O)Cc1ccsc1)C1CC1. The summed E-state index contributed by atoms with van der Waals surface area (Å²) in [7, 11) is 0. The van der Waals surface area contributed by atoms with Gasteiger partial charge in [-0.1, -0.05) is 12.2 Å². The summed E-state index contributed by atoms with van der Waals surface area (Å²) in [5.74, 6) is 0.465. The fourth-order valence-electron chi connectivity index (χ4n) is 1.65. The van der Waals surface area contributed by atoms with Gasteiger partial charge >= 0.3 is 0 Å². The van der Waals surface area contributed by atoms with Crippen LogP contribution in [0.25, 0.3) is 0 Å². The third-order valence-corrected chi connectivity index (χ3v) is 3.65. The molecule has 1 fully saturated rings. The molecule has 1 aromatic rings. The molecule has 1 aromatic heterocycles. The van der Waals surface area contributed by atoms with E-state index in [4.69, 9.17) is 18.0 Å². The zero-order valence-corrected chi connectivity index (χ0v) is 10.4. The molecule has 1 atom stereocenters. The maximum absolute atomic E-state index is 11.7. The maximum Gasteiger partial charge on any atom is 0.225 e. The third-order valence-electron chi connectivity index (χ3n) is 2.66. The lowest BCUT2D eigenvalue weighted by atomic mass is 10.1. The third kappa shape index (κ3) is 3.02. The molecule has 1 saturated carbocycles. The number of hydrogen-bond donors (Lipinski definition) is 2. The van der Waals surface area contributed by atoms with Gasteiger partial charge in [0, 0.05) is 0 Å². The first-order valence-corrected chi connectivity index (χ1v) is 6.61. The summed E-state index contributed by atoms with van der Waals surface area (Å²) in [4.78, 5) is 12.1. The van der Waals surface area contributed by atoms with E-state index in [9.17, 15) is 4.79 Å². The van der Waals surface area contributed by atoms with E-state index >= 15 is 0 Å². The van der Waals surface area contributed by atoms with Gasteiger partial charge in [-0.25, -0.2) is 0 Å². The largest absolute Gasteiger partial charge is 0.392 e. The van der Waals surface area contributed by atoms with Crippen LogP contribution >= 0.6 is 23.6 Å². The van der Waals surface area contributed by atoms with E-state index < -0.39 is 0 Å². The molecule has 1 aliphatic carbocycles. The van der Waals surface area contributed by atoms with Gasteiger partial charge in [0.25, 0.3) is 0 Å². The lowest BCUT2D eigenvalue weighted by Crippen LogP contribution is -2.45. The summed E-state index contributed by atoms with van der Waals surface area (Å²) in [6, 6.07) is 1.85. The number of nitrogens with one attached hydrogen (secondary N) is 1. The van der Waals surface area contributed by atoms with Crippen molar-refractivity contribution in [1.82, 2.24) is 5.32 Å². The standard InChI is InChI=1S/C11H14N2OS2/c12-11(15)10(8-1-2-8)13-9(14)5-7-3-4-16-6-7/h3-4,6,8,10H,1-2,5H2,(H2,12,15)(H,13,14). The Hall–Kier alpha value is -0.940. The van der Waals surface area contributed by atoms with Gasteiger partial charge in [0.1, 0.15) is 0 Å². The van der Waals surface area contributed by atoms with Crippen LogP contribution in [0.3, 0.4) is 0 Å². The molecule has 0 spiro atoms. The van der Waals surface area contributed by atoms with Crippen molar-refractivity contribution < 1.29 is 4.79 Å². The molecule has 1 heterocycles. The Morgan fingerprint density at radius 1 is 1.69 bits per heavy atom. The Kier molecular flexibility index (Phi) is 3.56. The lowest BCUT2D eigenvalue weighted by molar-refractivity contribution is -0.120. The van der Waals surface area contributed by atoms with Crippen molar-refractivity contribution in [1.29, 1.82) is 0 Å². The Bertz CT molecular complexity index is 385. The van der Waals surface area contributed by atoms with Gasteiger partial charge in [0.15, 0.2) is 0 Å². The molecule has 16 heavy (non-hydrogen) atoms. The van der Waals surface area contributed by atoms with Crippen molar-refractivity contribution >= 4 is 34.5 Å². The van der Waals surface area contributed by atoms with Gasteiger partial charge in [-0.3, -0.25) is 4.79 Å². The van der Waals surface area contributed by atoms with E-state index in [0.717, 1.165) is 18.4 Å². The van der Waals surface area contributed by atoms with Crippen LogP contribution < -0.4 is 11.1 Å². The predicted molar refractivity (Wildman–Crippen MR) is 69.5 cm³/mol. The van der Waals surface area contributed by atoms with Crippen molar-refractivity contribution in [2.75, 3.05) is 0 Å². The summed E-state index contributed by atoms with van der Waals surface area (Å²) in [6.07, 6.45) is 2.64. The molecule has 5 heteroatoms. The highest BCUT2D eigenvalue weighted by Gasteiger charge is 2.33. The number of rotatable bonds is 5. The highest BCUT2D eigenvalue weighted by molar-refractivity contribution is 7.80. The molecule has 1 unspecified atom stereocenters. The molecule has 0 radical (unpaired) electrons. The Labute approximate surface area is 104 Å². The predicted octanol–water partition coefficient (Wildman–Crippen LogP) is 1.47. The first-order valence-electron chi connectivity index (χ1n) is 5.26. The monoisotopic (exact) mass is 254 g/mol. The quantitative estimate of drug-likeness (QED) is 0.782. The molecule has 1 amide bonds. The molecule has 0 aliphatic heterocycles. The summed E-state index contributed by atoms with van der Waals surface area (Å²) in [6.45, 7) is 0. The number of thiocarbonyl (C=S) groups is 1. The van der Waals surface area contributed by atoms with Gasteiger partial charge in [-0.15, -0.1) is 0 Å². The first-order chi connectivity index (χ1) is 7.66. The molecular weight excluding hydrogens is 240 g/mol. The topological polar surface area (TPSA) is 55.1 Å². The van der Waals surface area contributed by atoms with Gasteiger partial charge in [-0.05, 0) is 41.1 Å². The molecule has 0 saturated heterocycles. The maximum atomic E-state index is 11.7. The Balaban J connectivity index is 1.88.